The Labute approximate surface area is 159 Å². The molecule has 0 saturated carbocycles. The predicted octanol–water partition coefficient (Wildman–Crippen LogP) is 8.30. The number of rotatable bonds is 3. The summed E-state index contributed by atoms with van der Waals surface area (Å²) in [5, 5.41) is 0. The standard InChI is InChI=1S/C19H17Se.F6P/c1-2-15-13-18(16-9-5-3-6-10-16)20-19(14-15)17-11-7-4-8-12-17;1-7(2,3,4,5)6/h3-14H,2H2,1H3;/q+1;-1. The Bertz CT molecular complexity index is 825. The zero-order valence-electron chi connectivity index (χ0n) is 14.3. The second-order valence-corrected chi connectivity index (χ2v) is 9.93. The van der Waals surface area contributed by atoms with Gasteiger partial charge in [-0.25, -0.2) is 0 Å². The van der Waals surface area contributed by atoms with E-state index in [1.807, 2.05) is 0 Å². The van der Waals surface area contributed by atoms with Crippen LogP contribution < -0.4 is 0 Å². The van der Waals surface area contributed by atoms with Gasteiger partial charge in [0.2, 0.25) is 0 Å². The number of benzene rings is 2. The molecule has 0 spiro atoms. The van der Waals surface area contributed by atoms with E-state index in [1.165, 1.54) is 25.6 Å². The molecule has 0 aliphatic heterocycles. The van der Waals surface area contributed by atoms with Crippen LogP contribution in [-0.2, 0) is 6.42 Å². The van der Waals surface area contributed by atoms with Gasteiger partial charge in [-0.1, -0.05) is 0 Å². The molecule has 0 N–H and O–H groups in total. The fraction of sp³-hybridized carbons (Fsp3) is 0.105. The second-order valence-electron chi connectivity index (χ2n) is 5.74. The molecule has 2 aromatic carbocycles. The van der Waals surface area contributed by atoms with E-state index < -0.39 is 7.81 Å². The average Bonchev–Trinajstić information content (AvgIpc) is 2.60. The molecule has 0 saturated heterocycles. The number of halogens is 6. The van der Waals surface area contributed by atoms with E-state index in [9.17, 15) is 25.2 Å². The monoisotopic (exact) mass is 470 g/mol. The van der Waals surface area contributed by atoms with Crippen molar-refractivity contribution in [2.24, 2.45) is 0 Å². The third-order valence-electron chi connectivity index (χ3n) is 3.38. The average molecular weight is 469 g/mol. The number of aryl methyl sites for hydroxylation is 1. The quantitative estimate of drug-likeness (QED) is 0.206. The third kappa shape index (κ3) is 9.18. The summed E-state index contributed by atoms with van der Waals surface area (Å²) in [5.41, 5.74) is 4.15. The molecule has 0 fully saturated rings. The van der Waals surface area contributed by atoms with Gasteiger partial charge in [-0.05, 0) is 0 Å². The van der Waals surface area contributed by atoms with Crippen LogP contribution in [0.5, 0.6) is 0 Å². The van der Waals surface area contributed by atoms with E-state index in [0.717, 1.165) is 6.42 Å². The van der Waals surface area contributed by atoms with Gasteiger partial charge in [-0.15, -0.1) is 0 Å². The Morgan fingerprint density at radius 2 is 1.00 bits per heavy atom. The molecule has 3 rings (SSSR count). The molecule has 0 atom stereocenters. The molecule has 27 heavy (non-hydrogen) atoms. The van der Waals surface area contributed by atoms with E-state index in [1.54, 1.807) is 0 Å². The van der Waals surface area contributed by atoms with Gasteiger partial charge in [0.1, 0.15) is 0 Å². The second kappa shape index (κ2) is 7.38. The minimum absolute atomic E-state index is 0.376. The van der Waals surface area contributed by atoms with Crippen LogP contribution in [0.3, 0.4) is 0 Å². The van der Waals surface area contributed by atoms with Crippen molar-refractivity contribution in [1.82, 2.24) is 0 Å². The maximum atomic E-state index is 9.87. The summed E-state index contributed by atoms with van der Waals surface area (Å²) in [6, 6.07) is 26.3. The van der Waals surface area contributed by atoms with Crippen molar-refractivity contribution in [3.8, 4) is 20.0 Å². The van der Waals surface area contributed by atoms with Crippen molar-refractivity contribution in [2.45, 2.75) is 13.3 Å². The van der Waals surface area contributed by atoms with Gasteiger partial charge in [0.15, 0.2) is 0 Å². The van der Waals surface area contributed by atoms with Gasteiger partial charge < -0.3 is 0 Å². The van der Waals surface area contributed by atoms with E-state index in [2.05, 4.69) is 79.7 Å². The molecule has 1 aromatic heterocycles. The number of hydrogen-bond acceptors (Lipinski definition) is 0. The molecule has 0 amide bonds. The summed E-state index contributed by atoms with van der Waals surface area (Å²) in [6.45, 7) is 2.23. The van der Waals surface area contributed by atoms with Gasteiger partial charge in [0.25, 0.3) is 0 Å². The fourth-order valence-electron chi connectivity index (χ4n) is 2.25. The SMILES string of the molecule is CCc1cc(-c2ccccc2)[se+]c(-c2ccccc2)c1.F[P-](F)(F)(F)(F)F. The van der Waals surface area contributed by atoms with Gasteiger partial charge in [0.05, 0.1) is 0 Å². The molecule has 3 aromatic rings. The van der Waals surface area contributed by atoms with Crippen molar-refractivity contribution in [3.05, 3.63) is 78.4 Å². The molecular weight excluding hydrogens is 452 g/mol. The van der Waals surface area contributed by atoms with E-state index in [0.29, 0.717) is 14.5 Å². The summed E-state index contributed by atoms with van der Waals surface area (Å²) < 4.78 is 62.2. The van der Waals surface area contributed by atoms with Crippen LogP contribution in [0.4, 0.5) is 25.2 Å². The van der Waals surface area contributed by atoms with Crippen LogP contribution in [-0.4, -0.2) is 14.5 Å². The van der Waals surface area contributed by atoms with Crippen LogP contribution in [0.25, 0.3) is 20.0 Å². The molecule has 8 heteroatoms. The van der Waals surface area contributed by atoms with Crippen LogP contribution in [0.1, 0.15) is 12.5 Å². The topological polar surface area (TPSA) is 0 Å². The first-order valence-electron chi connectivity index (χ1n) is 7.96. The summed E-state index contributed by atoms with van der Waals surface area (Å²) >= 11 is 0.376. The molecule has 1 heterocycles. The van der Waals surface area contributed by atoms with Crippen molar-refractivity contribution in [1.29, 1.82) is 0 Å². The van der Waals surface area contributed by atoms with Crippen LogP contribution in [0.2, 0.25) is 0 Å². The van der Waals surface area contributed by atoms with Gasteiger partial charge in [0, 0.05) is 0 Å². The van der Waals surface area contributed by atoms with Crippen molar-refractivity contribution in [2.75, 3.05) is 0 Å². The van der Waals surface area contributed by atoms with E-state index in [4.69, 9.17) is 0 Å². The summed E-state index contributed by atoms with van der Waals surface area (Å²) in [6.07, 6.45) is 1.09. The van der Waals surface area contributed by atoms with Crippen molar-refractivity contribution >= 4 is 22.3 Å². The van der Waals surface area contributed by atoms with E-state index in [-0.39, 0.29) is 0 Å². The van der Waals surface area contributed by atoms with Gasteiger partial charge in [-0.3, -0.25) is 0 Å². The van der Waals surface area contributed by atoms with Crippen LogP contribution >= 0.6 is 7.81 Å². The molecule has 0 nitrogen and oxygen atoms in total. The van der Waals surface area contributed by atoms with E-state index >= 15 is 0 Å². The summed E-state index contributed by atoms with van der Waals surface area (Å²) in [4.78, 5) is 0. The molecule has 146 valence electrons. The predicted molar refractivity (Wildman–Crippen MR) is 102 cm³/mol. The Morgan fingerprint density at radius 3 is 1.30 bits per heavy atom. The number of hydrogen-bond donors (Lipinski definition) is 0. The van der Waals surface area contributed by atoms with Crippen LogP contribution in [0.15, 0.2) is 72.8 Å². The Hall–Kier alpha value is -1.68. The molecule has 0 unspecified atom stereocenters. The van der Waals surface area contributed by atoms with Crippen molar-refractivity contribution < 1.29 is 25.2 Å². The Kier molecular flexibility index (Phi) is 5.91. The maximum absolute atomic E-state index is 10.7. The molecule has 0 radical (unpaired) electrons. The van der Waals surface area contributed by atoms with Gasteiger partial charge >= 0.3 is 159 Å². The first kappa shape index (κ1) is 21.6. The minimum atomic E-state index is -10.7. The van der Waals surface area contributed by atoms with Crippen LogP contribution in [0, 0.1) is 0 Å². The van der Waals surface area contributed by atoms with Crippen molar-refractivity contribution in [3.63, 3.8) is 0 Å². The summed E-state index contributed by atoms with van der Waals surface area (Å²) in [7, 11) is -10.7. The zero-order valence-corrected chi connectivity index (χ0v) is 16.9. The first-order chi connectivity index (χ1) is 12.3. The molecule has 0 bridgehead atoms. The molecule has 0 aliphatic carbocycles. The summed E-state index contributed by atoms with van der Waals surface area (Å²) in [5.74, 6) is 0. The Morgan fingerprint density at radius 1 is 0.667 bits per heavy atom. The van der Waals surface area contributed by atoms with Gasteiger partial charge in [-0.2, -0.15) is 0 Å². The molecular formula is C19H17F6PSe. The molecule has 0 aliphatic rings. The zero-order chi connectivity index (χ0) is 20.2. The normalized spacial score (nSPS) is 13.7. The first-order valence-corrected chi connectivity index (χ1v) is 11.7. The Balaban J connectivity index is 0.000000321. The third-order valence-corrected chi connectivity index (χ3v) is 5.78. The fourth-order valence-corrected chi connectivity index (χ4v) is 4.69.